The van der Waals surface area contributed by atoms with E-state index in [4.69, 9.17) is 9.47 Å². The predicted octanol–water partition coefficient (Wildman–Crippen LogP) is 3.86. The zero-order chi connectivity index (χ0) is 14.4. The number of halogens is 1. The van der Waals surface area contributed by atoms with E-state index < -0.39 is 0 Å². The van der Waals surface area contributed by atoms with Crippen LogP contribution in [0.25, 0.3) is 0 Å². The van der Waals surface area contributed by atoms with Crippen LogP contribution in [-0.2, 0) is 6.54 Å². The largest absolute Gasteiger partial charge is 0.493 e. The van der Waals surface area contributed by atoms with E-state index in [1.165, 1.54) is 0 Å². The van der Waals surface area contributed by atoms with Crippen molar-refractivity contribution >= 4 is 21.6 Å². The first-order valence-corrected chi connectivity index (χ1v) is 7.17. The summed E-state index contributed by atoms with van der Waals surface area (Å²) in [6.07, 6.45) is 3.54. The standard InChI is InChI=1S/C15H17BrN2O2/c1-3-20-15-13(16)7-11(8-14(15)19-2)9-18-12-5-4-6-17-10-12/h4-8,10,18H,3,9H2,1-2H3. The molecule has 0 atom stereocenters. The molecule has 0 saturated heterocycles. The summed E-state index contributed by atoms with van der Waals surface area (Å²) >= 11 is 3.52. The van der Waals surface area contributed by atoms with Crippen molar-refractivity contribution in [2.24, 2.45) is 0 Å². The summed E-state index contributed by atoms with van der Waals surface area (Å²) in [5.74, 6) is 1.46. The van der Waals surface area contributed by atoms with Crippen LogP contribution in [0.3, 0.4) is 0 Å². The molecule has 5 heteroatoms. The Labute approximate surface area is 127 Å². The molecule has 0 aliphatic carbocycles. The minimum absolute atomic E-state index is 0.599. The number of ether oxygens (including phenoxy) is 2. The van der Waals surface area contributed by atoms with Gasteiger partial charge < -0.3 is 14.8 Å². The number of hydrogen-bond donors (Lipinski definition) is 1. The Balaban J connectivity index is 2.14. The van der Waals surface area contributed by atoms with Gasteiger partial charge in [0, 0.05) is 18.9 Å². The second kappa shape index (κ2) is 7.14. The maximum absolute atomic E-state index is 5.57. The normalized spacial score (nSPS) is 10.2. The summed E-state index contributed by atoms with van der Waals surface area (Å²) in [6.45, 7) is 3.24. The molecule has 1 heterocycles. The molecule has 0 radical (unpaired) electrons. The Kier molecular flexibility index (Phi) is 5.24. The molecule has 1 aromatic heterocycles. The van der Waals surface area contributed by atoms with Gasteiger partial charge in [-0.3, -0.25) is 4.98 Å². The smallest absolute Gasteiger partial charge is 0.175 e. The summed E-state index contributed by atoms with van der Waals surface area (Å²) in [5, 5.41) is 3.31. The van der Waals surface area contributed by atoms with Gasteiger partial charge in [0.2, 0.25) is 0 Å². The maximum atomic E-state index is 5.57. The van der Waals surface area contributed by atoms with E-state index in [9.17, 15) is 0 Å². The monoisotopic (exact) mass is 336 g/mol. The van der Waals surface area contributed by atoms with E-state index in [-0.39, 0.29) is 0 Å². The molecule has 2 rings (SSSR count). The average molecular weight is 337 g/mol. The molecule has 2 aromatic rings. The molecule has 0 saturated carbocycles. The molecule has 0 spiro atoms. The SMILES string of the molecule is CCOc1c(Br)cc(CNc2cccnc2)cc1OC. The quantitative estimate of drug-likeness (QED) is 0.869. The molecule has 0 unspecified atom stereocenters. The lowest BCUT2D eigenvalue weighted by atomic mass is 10.2. The molecule has 0 amide bonds. The highest BCUT2D eigenvalue weighted by molar-refractivity contribution is 9.10. The third-order valence-corrected chi connectivity index (χ3v) is 3.33. The maximum Gasteiger partial charge on any atom is 0.175 e. The van der Waals surface area contributed by atoms with Gasteiger partial charge in [0.1, 0.15) is 0 Å². The second-order valence-electron chi connectivity index (χ2n) is 4.14. The number of benzene rings is 1. The second-order valence-corrected chi connectivity index (χ2v) is 4.99. The highest BCUT2D eigenvalue weighted by atomic mass is 79.9. The van der Waals surface area contributed by atoms with Crippen LogP contribution >= 0.6 is 15.9 Å². The molecule has 1 aromatic carbocycles. The molecule has 0 bridgehead atoms. The van der Waals surface area contributed by atoms with Crippen molar-refractivity contribution in [2.75, 3.05) is 19.0 Å². The molecular formula is C15H17BrN2O2. The first kappa shape index (κ1) is 14.7. The molecule has 0 aliphatic heterocycles. The molecule has 20 heavy (non-hydrogen) atoms. The van der Waals surface area contributed by atoms with Crippen molar-refractivity contribution in [1.29, 1.82) is 0 Å². The number of pyridine rings is 1. The van der Waals surface area contributed by atoms with Crippen LogP contribution in [0.4, 0.5) is 5.69 Å². The van der Waals surface area contributed by atoms with Gasteiger partial charge in [-0.25, -0.2) is 0 Å². The Morgan fingerprint density at radius 3 is 2.85 bits per heavy atom. The average Bonchev–Trinajstić information content (AvgIpc) is 2.48. The van der Waals surface area contributed by atoms with Crippen molar-refractivity contribution < 1.29 is 9.47 Å². The van der Waals surface area contributed by atoms with Crippen LogP contribution in [0.2, 0.25) is 0 Å². The van der Waals surface area contributed by atoms with Gasteiger partial charge in [0.05, 0.1) is 23.9 Å². The van der Waals surface area contributed by atoms with Crippen LogP contribution in [0.15, 0.2) is 41.1 Å². The molecule has 0 fully saturated rings. The van der Waals surface area contributed by atoms with Crippen molar-refractivity contribution in [3.8, 4) is 11.5 Å². The van der Waals surface area contributed by atoms with Gasteiger partial charge in [-0.15, -0.1) is 0 Å². The minimum atomic E-state index is 0.599. The van der Waals surface area contributed by atoms with Crippen LogP contribution in [-0.4, -0.2) is 18.7 Å². The third kappa shape index (κ3) is 3.63. The summed E-state index contributed by atoms with van der Waals surface area (Å²) < 4.78 is 11.8. The number of anilines is 1. The van der Waals surface area contributed by atoms with E-state index in [2.05, 4.69) is 26.2 Å². The van der Waals surface area contributed by atoms with Crippen LogP contribution in [0, 0.1) is 0 Å². The van der Waals surface area contributed by atoms with E-state index in [1.807, 2.05) is 31.2 Å². The lowest BCUT2D eigenvalue weighted by Gasteiger charge is -2.14. The fraction of sp³-hybridized carbons (Fsp3) is 0.267. The fourth-order valence-electron chi connectivity index (χ4n) is 1.83. The summed E-state index contributed by atoms with van der Waals surface area (Å²) in [4.78, 5) is 4.07. The van der Waals surface area contributed by atoms with E-state index in [1.54, 1.807) is 19.5 Å². The minimum Gasteiger partial charge on any atom is -0.493 e. The van der Waals surface area contributed by atoms with Gasteiger partial charge in [-0.05, 0) is 52.7 Å². The molecule has 1 N–H and O–H groups in total. The summed E-state index contributed by atoms with van der Waals surface area (Å²) in [5.41, 5.74) is 2.08. The lowest BCUT2D eigenvalue weighted by Crippen LogP contribution is -2.02. The Hall–Kier alpha value is -1.75. The number of aromatic nitrogens is 1. The van der Waals surface area contributed by atoms with E-state index in [0.717, 1.165) is 27.2 Å². The highest BCUT2D eigenvalue weighted by Gasteiger charge is 2.11. The van der Waals surface area contributed by atoms with Crippen molar-refractivity contribution in [3.05, 3.63) is 46.7 Å². The van der Waals surface area contributed by atoms with E-state index in [0.29, 0.717) is 13.2 Å². The molecular weight excluding hydrogens is 320 g/mol. The van der Waals surface area contributed by atoms with Gasteiger partial charge in [-0.1, -0.05) is 0 Å². The number of nitrogens with zero attached hydrogens (tertiary/aromatic N) is 1. The number of nitrogens with one attached hydrogen (secondary N) is 1. The number of rotatable bonds is 6. The van der Waals surface area contributed by atoms with Gasteiger partial charge in [0.25, 0.3) is 0 Å². The van der Waals surface area contributed by atoms with Crippen LogP contribution < -0.4 is 14.8 Å². The van der Waals surface area contributed by atoms with Gasteiger partial charge in [0.15, 0.2) is 11.5 Å². The highest BCUT2D eigenvalue weighted by Crippen LogP contribution is 2.36. The topological polar surface area (TPSA) is 43.4 Å². The Morgan fingerprint density at radius 1 is 1.35 bits per heavy atom. The molecule has 106 valence electrons. The lowest BCUT2D eigenvalue weighted by molar-refractivity contribution is 0.308. The van der Waals surface area contributed by atoms with Crippen LogP contribution in [0.1, 0.15) is 12.5 Å². The zero-order valence-electron chi connectivity index (χ0n) is 11.5. The third-order valence-electron chi connectivity index (χ3n) is 2.74. The molecule has 4 nitrogen and oxygen atoms in total. The van der Waals surface area contributed by atoms with Crippen molar-refractivity contribution in [1.82, 2.24) is 4.98 Å². The summed E-state index contributed by atoms with van der Waals surface area (Å²) in [7, 11) is 1.64. The van der Waals surface area contributed by atoms with E-state index >= 15 is 0 Å². The first-order chi connectivity index (χ1) is 9.74. The van der Waals surface area contributed by atoms with Crippen LogP contribution in [0.5, 0.6) is 11.5 Å². The predicted molar refractivity (Wildman–Crippen MR) is 83.4 cm³/mol. The van der Waals surface area contributed by atoms with Crippen molar-refractivity contribution in [2.45, 2.75) is 13.5 Å². The zero-order valence-corrected chi connectivity index (χ0v) is 13.1. The number of hydrogen-bond acceptors (Lipinski definition) is 4. The van der Waals surface area contributed by atoms with Gasteiger partial charge in [-0.2, -0.15) is 0 Å². The molecule has 0 aliphatic rings. The Morgan fingerprint density at radius 2 is 2.20 bits per heavy atom. The van der Waals surface area contributed by atoms with Crippen molar-refractivity contribution in [3.63, 3.8) is 0 Å². The first-order valence-electron chi connectivity index (χ1n) is 6.37. The fourth-order valence-corrected chi connectivity index (χ4v) is 2.44. The summed E-state index contributed by atoms with van der Waals surface area (Å²) in [6, 6.07) is 7.88. The van der Waals surface area contributed by atoms with Gasteiger partial charge >= 0.3 is 0 Å². The Bertz CT molecular complexity index is 561. The number of methoxy groups -OCH3 is 1.